The molecule has 9 heteroatoms. The quantitative estimate of drug-likeness (QED) is 0.445. The molecule has 0 aliphatic carbocycles. The number of aromatic nitrogens is 2. The van der Waals surface area contributed by atoms with Crippen LogP contribution in [-0.2, 0) is 6.18 Å². The standard InChI is InChI=1S/C24H20F3N5O/c1-32(2)21-9-7-18(24(25,26)27)12-20(21)30-22(33)16-5-3-4-14(10-16)15-6-8-19-17(11-15)13-29-23(28)31-19/h3-13H,1-2H3,(H,30,33)(H2,28,29,31). The normalized spacial score (nSPS) is 11.4. The Hall–Kier alpha value is -4.14. The number of carbonyl (C=O) groups is 1. The van der Waals surface area contributed by atoms with Crippen molar-refractivity contribution < 1.29 is 18.0 Å². The molecule has 3 N–H and O–H groups in total. The van der Waals surface area contributed by atoms with Crippen LogP contribution in [-0.4, -0.2) is 30.0 Å². The average molecular weight is 451 g/mol. The molecule has 33 heavy (non-hydrogen) atoms. The first-order chi connectivity index (χ1) is 15.6. The molecule has 4 aromatic rings. The number of anilines is 3. The highest BCUT2D eigenvalue weighted by molar-refractivity contribution is 6.06. The van der Waals surface area contributed by atoms with Gasteiger partial charge in [-0.05, 0) is 53.6 Å². The van der Waals surface area contributed by atoms with Gasteiger partial charge >= 0.3 is 6.18 Å². The van der Waals surface area contributed by atoms with Gasteiger partial charge in [0.05, 0.1) is 22.5 Å². The lowest BCUT2D eigenvalue weighted by atomic mass is 10.0. The Labute approximate surface area is 187 Å². The number of hydrogen-bond acceptors (Lipinski definition) is 5. The van der Waals surface area contributed by atoms with E-state index in [9.17, 15) is 18.0 Å². The molecule has 0 saturated heterocycles. The Morgan fingerprint density at radius 3 is 2.48 bits per heavy atom. The zero-order chi connectivity index (χ0) is 23.8. The van der Waals surface area contributed by atoms with E-state index in [4.69, 9.17) is 5.73 Å². The zero-order valence-electron chi connectivity index (χ0n) is 17.8. The number of halogens is 3. The van der Waals surface area contributed by atoms with Crippen LogP contribution < -0.4 is 16.0 Å². The molecule has 168 valence electrons. The minimum absolute atomic E-state index is 0.0747. The van der Waals surface area contributed by atoms with E-state index in [-0.39, 0.29) is 11.6 Å². The van der Waals surface area contributed by atoms with Gasteiger partial charge in [0, 0.05) is 31.2 Å². The second kappa shape index (κ2) is 8.42. The van der Waals surface area contributed by atoms with Crippen LogP contribution in [0.4, 0.5) is 30.5 Å². The maximum atomic E-state index is 13.2. The van der Waals surface area contributed by atoms with Crippen molar-refractivity contribution in [3.05, 3.63) is 78.0 Å². The molecule has 3 aromatic carbocycles. The van der Waals surface area contributed by atoms with E-state index >= 15 is 0 Å². The van der Waals surface area contributed by atoms with E-state index < -0.39 is 17.6 Å². The lowest BCUT2D eigenvalue weighted by Gasteiger charge is -2.20. The summed E-state index contributed by atoms with van der Waals surface area (Å²) in [7, 11) is 3.38. The molecule has 0 spiro atoms. The molecule has 1 heterocycles. The summed E-state index contributed by atoms with van der Waals surface area (Å²) in [6.07, 6.45) is -2.90. The number of nitrogens with zero attached hydrogens (tertiary/aromatic N) is 3. The van der Waals surface area contributed by atoms with Gasteiger partial charge in [-0.2, -0.15) is 13.2 Å². The lowest BCUT2D eigenvalue weighted by molar-refractivity contribution is -0.137. The van der Waals surface area contributed by atoms with Gasteiger partial charge < -0.3 is 16.0 Å². The number of amides is 1. The number of nitrogen functional groups attached to an aromatic ring is 1. The minimum Gasteiger partial charge on any atom is -0.376 e. The summed E-state index contributed by atoms with van der Waals surface area (Å²) >= 11 is 0. The van der Waals surface area contributed by atoms with Crippen molar-refractivity contribution in [3.8, 4) is 11.1 Å². The van der Waals surface area contributed by atoms with Crippen LogP contribution in [0, 0.1) is 0 Å². The summed E-state index contributed by atoms with van der Waals surface area (Å²) in [6, 6.07) is 15.6. The fourth-order valence-electron chi connectivity index (χ4n) is 3.46. The molecule has 0 atom stereocenters. The molecule has 1 aromatic heterocycles. The molecule has 4 rings (SSSR count). The Kier molecular flexibility index (Phi) is 5.63. The Morgan fingerprint density at radius 1 is 1.00 bits per heavy atom. The van der Waals surface area contributed by atoms with Crippen LogP contribution in [0.15, 0.2) is 66.9 Å². The largest absolute Gasteiger partial charge is 0.416 e. The Morgan fingerprint density at radius 2 is 1.76 bits per heavy atom. The number of fused-ring (bicyclic) bond motifs is 1. The predicted molar refractivity (Wildman–Crippen MR) is 123 cm³/mol. The number of carbonyl (C=O) groups excluding carboxylic acids is 1. The van der Waals surface area contributed by atoms with Crippen molar-refractivity contribution in [3.63, 3.8) is 0 Å². The maximum absolute atomic E-state index is 13.2. The topological polar surface area (TPSA) is 84.1 Å². The second-order valence-corrected chi connectivity index (χ2v) is 7.66. The number of nitrogens with one attached hydrogen (secondary N) is 1. The zero-order valence-corrected chi connectivity index (χ0v) is 17.8. The Balaban J connectivity index is 1.66. The van der Waals surface area contributed by atoms with Crippen molar-refractivity contribution in [1.29, 1.82) is 0 Å². The number of alkyl halides is 3. The number of hydrogen-bond donors (Lipinski definition) is 2. The first-order valence-corrected chi connectivity index (χ1v) is 9.94. The van der Waals surface area contributed by atoms with Gasteiger partial charge in [0.25, 0.3) is 5.91 Å². The van der Waals surface area contributed by atoms with Gasteiger partial charge in [0.2, 0.25) is 5.95 Å². The van der Waals surface area contributed by atoms with Gasteiger partial charge in [-0.1, -0.05) is 18.2 Å². The third kappa shape index (κ3) is 4.72. The summed E-state index contributed by atoms with van der Waals surface area (Å²) in [5.74, 6) is -0.336. The molecule has 0 fully saturated rings. The first kappa shape index (κ1) is 22.1. The summed E-state index contributed by atoms with van der Waals surface area (Å²) in [6.45, 7) is 0. The maximum Gasteiger partial charge on any atom is 0.416 e. The third-order valence-corrected chi connectivity index (χ3v) is 5.11. The number of nitrogens with two attached hydrogens (primary N) is 1. The highest BCUT2D eigenvalue weighted by atomic mass is 19.4. The highest BCUT2D eigenvalue weighted by Crippen LogP contribution is 2.35. The lowest BCUT2D eigenvalue weighted by Crippen LogP contribution is -2.18. The summed E-state index contributed by atoms with van der Waals surface area (Å²) < 4.78 is 39.6. The van der Waals surface area contributed by atoms with E-state index in [1.54, 1.807) is 49.5 Å². The number of benzene rings is 3. The van der Waals surface area contributed by atoms with Crippen LogP contribution in [0.1, 0.15) is 15.9 Å². The first-order valence-electron chi connectivity index (χ1n) is 9.94. The van der Waals surface area contributed by atoms with E-state index in [1.165, 1.54) is 6.07 Å². The molecular weight excluding hydrogens is 431 g/mol. The number of rotatable bonds is 4. The average Bonchev–Trinajstić information content (AvgIpc) is 2.78. The molecule has 0 radical (unpaired) electrons. The van der Waals surface area contributed by atoms with Gasteiger partial charge in [-0.25, -0.2) is 9.97 Å². The van der Waals surface area contributed by atoms with Crippen LogP contribution >= 0.6 is 0 Å². The van der Waals surface area contributed by atoms with Crippen LogP contribution in [0.5, 0.6) is 0 Å². The van der Waals surface area contributed by atoms with Crippen molar-refractivity contribution in [2.45, 2.75) is 6.18 Å². The summed E-state index contributed by atoms with van der Waals surface area (Å²) in [5.41, 5.74) is 7.92. The Bertz CT molecular complexity index is 1350. The minimum atomic E-state index is -4.52. The summed E-state index contributed by atoms with van der Waals surface area (Å²) in [4.78, 5) is 22.7. The van der Waals surface area contributed by atoms with Gasteiger partial charge in [-0.15, -0.1) is 0 Å². The summed E-state index contributed by atoms with van der Waals surface area (Å²) in [5, 5.41) is 3.41. The molecule has 0 aliphatic heterocycles. The second-order valence-electron chi connectivity index (χ2n) is 7.66. The molecule has 0 bridgehead atoms. The molecule has 0 aliphatic rings. The van der Waals surface area contributed by atoms with Gasteiger partial charge in [0.15, 0.2) is 0 Å². The molecule has 1 amide bonds. The molecule has 0 unspecified atom stereocenters. The van der Waals surface area contributed by atoms with Crippen molar-refractivity contribution >= 4 is 34.1 Å². The van der Waals surface area contributed by atoms with Gasteiger partial charge in [0.1, 0.15) is 0 Å². The van der Waals surface area contributed by atoms with Crippen molar-refractivity contribution in [2.24, 2.45) is 0 Å². The van der Waals surface area contributed by atoms with Crippen LogP contribution in [0.3, 0.4) is 0 Å². The predicted octanol–water partition coefficient (Wildman–Crippen LogP) is 5.22. The van der Waals surface area contributed by atoms with Crippen molar-refractivity contribution in [1.82, 2.24) is 9.97 Å². The van der Waals surface area contributed by atoms with Gasteiger partial charge in [-0.3, -0.25) is 4.79 Å². The van der Waals surface area contributed by atoms with E-state index in [1.807, 2.05) is 18.2 Å². The van der Waals surface area contributed by atoms with E-state index in [2.05, 4.69) is 15.3 Å². The fourth-order valence-corrected chi connectivity index (χ4v) is 3.46. The van der Waals surface area contributed by atoms with E-state index in [0.717, 1.165) is 28.6 Å². The molecule has 6 nitrogen and oxygen atoms in total. The smallest absolute Gasteiger partial charge is 0.376 e. The van der Waals surface area contributed by atoms with Crippen LogP contribution in [0.25, 0.3) is 22.0 Å². The third-order valence-electron chi connectivity index (χ3n) is 5.11. The fraction of sp³-hybridized carbons (Fsp3) is 0.125. The highest BCUT2D eigenvalue weighted by Gasteiger charge is 2.31. The SMILES string of the molecule is CN(C)c1ccc(C(F)(F)F)cc1NC(=O)c1cccc(-c2ccc3nc(N)ncc3c2)c1. The molecular formula is C24H20F3N5O. The van der Waals surface area contributed by atoms with Crippen LogP contribution in [0.2, 0.25) is 0 Å². The van der Waals surface area contributed by atoms with E-state index in [0.29, 0.717) is 16.8 Å². The molecule has 0 saturated carbocycles. The monoisotopic (exact) mass is 451 g/mol. The van der Waals surface area contributed by atoms with Crippen molar-refractivity contribution in [2.75, 3.05) is 30.0 Å².